The number of nitrogens with one attached hydrogen (secondary N) is 2. The highest BCUT2D eigenvalue weighted by molar-refractivity contribution is 7.80. The van der Waals surface area contributed by atoms with Crippen molar-refractivity contribution in [2.45, 2.75) is 33.4 Å². The first-order valence-electron chi connectivity index (χ1n) is 10.2. The first kappa shape index (κ1) is 22.6. The van der Waals surface area contributed by atoms with E-state index in [-0.39, 0.29) is 12.0 Å². The number of piperazine rings is 1. The van der Waals surface area contributed by atoms with Crippen molar-refractivity contribution in [2.24, 2.45) is 0 Å². The van der Waals surface area contributed by atoms with Gasteiger partial charge in [0.2, 0.25) is 5.91 Å². The van der Waals surface area contributed by atoms with Gasteiger partial charge in [-0.2, -0.15) is 5.10 Å². The van der Waals surface area contributed by atoms with E-state index in [1.54, 1.807) is 33.9 Å². The first-order chi connectivity index (χ1) is 14.9. The summed E-state index contributed by atoms with van der Waals surface area (Å²) in [7, 11) is 0. The van der Waals surface area contributed by atoms with E-state index in [2.05, 4.69) is 15.7 Å². The van der Waals surface area contributed by atoms with Gasteiger partial charge >= 0.3 is 6.09 Å². The van der Waals surface area contributed by atoms with Gasteiger partial charge in [-0.1, -0.05) is 0 Å². The van der Waals surface area contributed by atoms with Crippen LogP contribution >= 0.6 is 12.2 Å². The second-order valence-electron chi connectivity index (χ2n) is 7.18. The smallest absolute Gasteiger partial charge is 0.409 e. The molecule has 1 fully saturated rings. The Kier molecular flexibility index (Phi) is 7.50. The van der Waals surface area contributed by atoms with E-state index in [1.807, 2.05) is 26.0 Å². The highest BCUT2D eigenvalue weighted by Gasteiger charge is 2.28. The number of hydrogen-bond donors (Lipinski definition) is 2. The van der Waals surface area contributed by atoms with Gasteiger partial charge in [-0.15, -0.1) is 0 Å². The van der Waals surface area contributed by atoms with Gasteiger partial charge in [-0.05, 0) is 45.1 Å². The van der Waals surface area contributed by atoms with Crippen molar-refractivity contribution in [2.75, 3.05) is 38.1 Å². The average Bonchev–Trinajstić information content (AvgIpc) is 3.41. The van der Waals surface area contributed by atoms with Gasteiger partial charge in [0.25, 0.3) is 0 Å². The molecule has 2 amide bonds. The Morgan fingerprint density at radius 3 is 2.65 bits per heavy atom. The summed E-state index contributed by atoms with van der Waals surface area (Å²) in [6, 6.07) is 3.20. The molecule has 2 aromatic heterocycles. The van der Waals surface area contributed by atoms with Crippen LogP contribution in [0.1, 0.15) is 31.3 Å². The van der Waals surface area contributed by atoms with Gasteiger partial charge < -0.3 is 29.6 Å². The second-order valence-corrected chi connectivity index (χ2v) is 7.59. The van der Waals surface area contributed by atoms with Crippen molar-refractivity contribution in [1.82, 2.24) is 24.9 Å². The lowest BCUT2D eigenvalue weighted by Crippen LogP contribution is -2.52. The van der Waals surface area contributed by atoms with Gasteiger partial charge in [-0.3, -0.25) is 9.48 Å². The predicted octanol–water partition coefficient (Wildman–Crippen LogP) is 2.13. The summed E-state index contributed by atoms with van der Waals surface area (Å²) in [6.45, 7) is 8.09. The molecule has 1 aliphatic rings. The number of rotatable bonds is 6. The molecular weight excluding hydrogens is 420 g/mol. The van der Waals surface area contributed by atoms with Gasteiger partial charge in [-0.25, -0.2) is 4.79 Å². The maximum absolute atomic E-state index is 12.9. The molecule has 3 heterocycles. The van der Waals surface area contributed by atoms with Crippen LogP contribution in [0.25, 0.3) is 0 Å². The summed E-state index contributed by atoms with van der Waals surface area (Å²) in [5, 5.41) is 11.1. The fraction of sp³-hybridized carbons (Fsp3) is 0.500. The number of nitrogens with zero attached hydrogens (tertiary/aromatic N) is 4. The van der Waals surface area contributed by atoms with Crippen LogP contribution in [0.3, 0.4) is 0 Å². The third kappa shape index (κ3) is 5.75. The SMILES string of the molecule is CCOC(=O)N1CCN(C(=O)C(C)n2cc(NC(=S)NCc3ccco3)c(C)n2)CC1. The molecule has 3 rings (SSSR count). The Balaban J connectivity index is 1.53. The Morgan fingerprint density at radius 2 is 2.00 bits per heavy atom. The maximum atomic E-state index is 12.9. The van der Waals surface area contributed by atoms with Crippen LogP contribution < -0.4 is 10.6 Å². The zero-order chi connectivity index (χ0) is 22.4. The molecule has 0 radical (unpaired) electrons. The number of amides is 2. The Morgan fingerprint density at radius 1 is 1.29 bits per heavy atom. The quantitative estimate of drug-likeness (QED) is 0.648. The number of ether oxygens (including phenoxy) is 1. The van der Waals surface area contributed by atoms with Crippen molar-refractivity contribution in [3.63, 3.8) is 0 Å². The summed E-state index contributed by atoms with van der Waals surface area (Å²) in [4.78, 5) is 28.1. The highest BCUT2D eigenvalue weighted by atomic mass is 32.1. The molecule has 2 N–H and O–H groups in total. The molecule has 0 aromatic carbocycles. The van der Waals surface area contributed by atoms with E-state index in [0.717, 1.165) is 17.1 Å². The van der Waals surface area contributed by atoms with Crippen LogP contribution in [0.5, 0.6) is 0 Å². The van der Waals surface area contributed by atoms with Crippen molar-refractivity contribution < 1.29 is 18.7 Å². The van der Waals surface area contributed by atoms with Crippen LogP contribution in [0.2, 0.25) is 0 Å². The van der Waals surface area contributed by atoms with Gasteiger partial charge in [0, 0.05) is 32.4 Å². The molecule has 0 saturated carbocycles. The number of carbonyl (C=O) groups excluding carboxylic acids is 2. The van der Waals surface area contributed by atoms with Crippen molar-refractivity contribution in [1.29, 1.82) is 0 Å². The topological polar surface area (TPSA) is 105 Å². The molecule has 31 heavy (non-hydrogen) atoms. The standard InChI is InChI=1S/C20H28N6O4S/c1-4-29-20(28)25-9-7-24(8-10-25)18(27)15(3)26-13-17(14(2)23-26)22-19(31)21-12-16-6-5-11-30-16/h5-6,11,13,15H,4,7-10,12H2,1-3H3,(H2,21,22,31). The van der Waals surface area contributed by atoms with Gasteiger partial charge in [0.15, 0.2) is 5.11 Å². The molecule has 0 aliphatic carbocycles. The fourth-order valence-corrected chi connectivity index (χ4v) is 3.43. The zero-order valence-electron chi connectivity index (χ0n) is 18.0. The summed E-state index contributed by atoms with van der Waals surface area (Å²) in [5.41, 5.74) is 1.46. The Hall–Kier alpha value is -3.08. The Labute approximate surface area is 186 Å². The van der Waals surface area contributed by atoms with E-state index in [9.17, 15) is 9.59 Å². The number of carbonyl (C=O) groups is 2. The van der Waals surface area contributed by atoms with E-state index in [0.29, 0.717) is 44.4 Å². The third-order valence-electron chi connectivity index (χ3n) is 5.04. The Bertz CT molecular complexity index is 905. The largest absolute Gasteiger partial charge is 0.467 e. The maximum Gasteiger partial charge on any atom is 0.409 e. The lowest BCUT2D eigenvalue weighted by atomic mass is 10.2. The van der Waals surface area contributed by atoms with Crippen LogP contribution in [0.15, 0.2) is 29.0 Å². The molecule has 0 bridgehead atoms. The van der Waals surface area contributed by atoms with Crippen LogP contribution in [0, 0.1) is 6.92 Å². The molecule has 11 heteroatoms. The molecule has 0 spiro atoms. The molecular formula is C20H28N6O4S. The van der Waals surface area contributed by atoms with Crippen LogP contribution in [0.4, 0.5) is 10.5 Å². The number of anilines is 1. The van der Waals surface area contributed by atoms with Crippen LogP contribution in [-0.4, -0.2) is 69.5 Å². The first-order valence-corrected chi connectivity index (χ1v) is 10.6. The minimum absolute atomic E-state index is 0.0453. The van der Waals surface area contributed by atoms with E-state index in [4.69, 9.17) is 21.4 Å². The normalized spacial score (nSPS) is 14.8. The number of thiocarbonyl (C=S) groups is 1. The third-order valence-corrected chi connectivity index (χ3v) is 5.29. The van der Waals surface area contributed by atoms with Crippen molar-refractivity contribution >= 4 is 35.0 Å². The van der Waals surface area contributed by atoms with Gasteiger partial charge in [0.05, 0.1) is 30.8 Å². The molecule has 1 aliphatic heterocycles. The van der Waals surface area contributed by atoms with Gasteiger partial charge in [0.1, 0.15) is 11.8 Å². The number of aryl methyl sites for hydroxylation is 1. The lowest BCUT2D eigenvalue weighted by molar-refractivity contribution is -0.136. The number of aromatic nitrogens is 2. The molecule has 10 nitrogen and oxygen atoms in total. The minimum atomic E-state index is -0.479. The number of hydrogen-bond acceptors (Lipinski definition) is 6. The second kappa shape index (κ2) is 10.3. The minimum Gasteiger partial charge on any atom is -0.467 e. The van der Waals surface area contributed by atoms with E-state index in [1.165, 1.54) is 0 Å². The molecule has 2 aromatic rings. The molecule has 1 atom stereocenters. The van der Waals surface area contributed by atoms with E-state index < -0.39 is 6.04 Å². The molecule has 168 valence electrons. The van der Waals surface area contributed by atoms with Crippen molar-refractivity contribution in [3.8, 4) is 0 Å². The average molecular weight is 449 g/mol. The summed E-state index contributed by atoms with van der Waals surface area (Å²) in [5.74, 6) is 0.731. The molecule has 1 unspecified atom stereocenters. The fourth-order valence-electron chi connectivity index (χ4n) is 3.25. The highest BCUT2D eigenvalue weighted by Crippen LogP contribution is 2.18. The molecule has 1 saturated heterocycles. The predicted molar refractivity (Wildman–Crippen MR) is 119 cm³/mol. The van der Waals surface area contributed by atoms with E-state index >= 15 is 0 Å². The van der Waals surface area contributed by atoms with Crippen molar-refractivity contribution in [3.05, 3.63) is 36.0 Å². The summed E-state index contributed by atoms with van der Waals surface area (Å²) >= 11 is 5.33. The lowest BCUT2D eigenvalue weighted by Gasteiger charge is -2.35. The zero-order valence-corrected chi connectivity index (χ0v) is 18.8. The summed E-state index contributed by atoms with van der Waals surface area (Å²) < 4.78 is 11.9. The number of furan rings is 1. The monoisotopic (exact) mass is 448 g/mol. The summed E-state index contributed by atoms with van der Waals surface area (Å²) in [6.07, 6.45) is 3.04. The van der Waals surface area contributed by atoms with Crippen LogP contribution in [-0.2, 0) is 16.1 Å².